The highest BCUT2D eigenvalue weighted by Gasteiger charge is 2.22. The van der Waals surface area contributed by atoms with Crippen LogP contribution in [0.1, 0.15) is 31.2 Å². The Hall–Kier alpha value is -0.600. The third-order valence-electron chi connectivity index (χ3n) is 3.49. The Labute approximate surface area is 101 Å². The van der Waals surface area contributed by atoms with Crippen molar-refractivity contribution >= 4 is 11.6 Å². The average molecular weight is 242 g/mol. The highest BCUT2D eigenvalue weighted by Crippen LogP contribution is 2.29. The summed E-state index contributed by atoms with van der Waals surface area (Å²) in [6, 6.07) is 5.05. The molecule has 0 heterocycles. The summed E-state index contributed by atoms with van der Waals surface area (Å²) < 4.78 is 13.2. The molecule has 0 radical (unpaired) electrons. The molecule has 1 saturated carbocycles. The molecule has 0 saturated heterocycles. The van der Waals surface area contributed by atoms with Crippen LogP contribution >= 0.6 is 11.6 Å². The monoisotopic (exact) mass is 241 g/mol. The first-order valence-corrected chi connectivity index (χ1v) is 6.24. The summed E-state index contributed by atoms with van der Waals surface area (Å²) >= 11 is 5.91. The van der Waals surface area contributed by atoms with E-state index in [9.17, 15) is 4.39 Å². The molecular weight excluding hydrogens is 225 g/mol. The fourth-order valence-corrected chi connectivity index (χ4v) is 2.72. The molecular formula is C13H17ClFN. The molecule has 1 aromatic carbocycles. The van der Waals surface area contributed by atoms with Crippen molar-refractivity contribution < 1.29 is 4.39 Å². The number of hydrogen-bond donors (Lipinski definition) is 1. The normalized spacial score (nSPS) is 18.9. The molecule has 1 aromatic rings. The van der Waals surface area contributed by atoms with E-state index in [4.69, 9.17) is 17.3 Å². The molecule has 1 fully saturated rings. The fourth-order valence-electron chi connectivity index (χ4n) is 2.51. The minimum absolute atomic E-state index is 0.113. The molecule has 0 amide bonds. The first-order valence-electron chi connectivity index (χ1n) is 5.87. The molecule has 16 heavy (non-hydrogen) atoms. The zero-order chi connectivity index (χ0) is 11.5. The molecule has 1 nitrogen and oxygen atoms in total. The minimum Gasteiger partial charge on any atom is -0.327 e. The zero-order valence-electron chi connectivity index (χ0n) is 9.26. The molecule has 0 aromatic heterocycles. The lowest BCUT2D eigenvalue weighted by atomic mass is 9.93. The Kier molecular flexibility index (Phi) is 3.82. The Morgan fingerprint density at radius 3 is 2.75 bits per heavy atom. The lowest BCUT2D eigenvalue weighted by Crippen LogP contribution is -2.30. The predicted octanol–water partition coefficient (Wildman–Crippen LogP) is 3.54. The van der Waals surface area contributed by atoms with Crippen molar-refractivity contribution in [1.29, 1.82) is 0 Å². The van der Waals surface area contributed by atoms with Gasteiger partial charge in [-0.2, -0.15) is 0 Å². The molecule has 0 aliphatic heterocycles. The van der Waals surface area contributed by atoms with Crippen LogP contribution in [0, 0.1) is 11.7 Å². The second-order valence-electron chi connectivity index (χ2n) is 4.63. The van der Waals surface area contributed by atoms with Crippen LogP contribution in [0.2, 0.25) is 5.02 Å². The second-order valence-corrected chi connectivity index (χ2v) is 5.00. The summed E-state index contributed by atoms with van der Waals surface area (Å²) in [6.45, 7) is 0. The van der Waals surface area contributed by atoms with E-state index in [0.29, 0.717) is 12.3 Å². The molecule has 1 aliphatic carbocycles. The van der Waals surface area contributed by atoms with Crippen molar-refractivity contribution in [2.24, 2.45) is 11.7 Å². The van der Waals surface area contributed by atoms with Gasteiger partial charge >= 0.3 is 0 Å². The molecule has 2 N–H and O–H groups in total. The number of hydrogen-bond acceptors (Lipinski definition) is 1. The third-order valence-corrected chi connectivity index (χ3v) is 3.92. The van der Waals surface area contributed by atoms with E-state index in [1.807, 2.05) is 6.07 Å². The van der Waals surface area contributed by atoms with Gasteiger partial charge in [0.25, 0.3) is 0 Å². The summed E-state index contributed by atoms with van der Waals surface area (Å²) in [5.74, 6) is 0.233. The van der Waals surface area contributed by atoms with Crippen molar-refractivity contribution in [1.82, 2.24) is 0 Å². The molecule has 3 heteroatoms. The van der Waals surface area contributed by atoms with Crippen LogP contribution in [0.5, 0.6) is 0 Å². The Morgan fingerprint density at radius 2 is 2.06 bits per heavy atom. The first kappa shape index (κ1) is 11.9. The summed E-state index contributed by atoms with van der Waals surface area (Å²) in [6.07, 6.45) is 5.63. The van der Waals surface area contributed by atoms with Crippen LogP contribution in [0.3, 0.4) is 0 Å². The summed E-state index contributed by atoms with van der Waals surface area (Å²) in [5, 5.41) is 0.232. The van der Waals surface area contributed by atoms with Crippen LogP contribution in [0.25, 0.3) is 0 Å². The van der Waals surface area contributed by atoms with Gasteiger partial charge in [0.2, 0.25) is 0 Å². The number of nitrogens with two attached hydrogens (primary N) is 1. The van der Waals surface area contributed by atoms with E-state index >= 15 is 0 Å². The van der Waals surface area contributed by atoms with Gasteiger partial charge in [0, 0.05) is 6.04 Å². The van der Waals surface area contributed by atoms with Gasteiger partial charge < -0.3 is 5.73 Å². The van der Waals surface area contributed by atoms with Crippen molar-refractivity contribution in [2.45, 2.75) is 38.1 Å². The lowest BCUT2D eigenvalue weighted by Gasteiger charge is -2.19. The molecule has 0 spiro atoms. The maximum atomic E-state index is 13.2. The van der Waals surface area contributed by atoms with Crippen molar-refractivity contribution in [2.75, 3.05) is 0 Å². The number of halogens is 2. The standard InChI is InChI=1S/C13H17ClFN/c14-13-10(6-3-7-11(13)15)8-12(16)9-4-1-2-5-9/h3,6-7,9,12H,1-2,4-5,8,16H2. The largest absolute Gasteiger partial charge is 0.327 e. The van der Waals surface area contributed by atoms with Crippen molar-refractivity contribution in [3.8, 4) is 0 Å². The van der Waals surface area contributed by atoms with Crippen LogP contribution in [-0.4, -0.2) is 6.04 Å². The SMILES string of the molecule is NC(Cc1cccc(F)c1Cl)C1CCCC1. The summed E-state index contributed by atoms with van der Waals surface area (Å²) in [5.41, 5.74) is 6.98. The van der Waals surface area contributed by atoms with Gasteiger partial charge in [-0.1, -0.05) is 36.6 Å². The zero-order valence-corrected chi connectivity index (χ0v) is 10.0. The van der Waals surface area contributed by atoms with E-state index < -0.39 is 0 Å². The summed E-state index contributed by atoms with van der Waals surface area (Å²) in [4.78, 5) is 0. The smallest absolute Gasteiger partial charge is 0.142 e. The Bertz CT molecular complexity index is 361. The van der Waals surface area contributed by atoms with E-state index in [-0.39, 0.29) is 16.9 Å². The van der Waals surface area contributed by atoms with Crippen molar-refractivity contribution in [3.63, 3.8) is 0 Å². The van der Waals surface area contributed by atoms with E-state index in [1.54, 1.807) is 6.07 Å². The van der Waals surface area contributed by atoms with Gasteiger partial charge in [0.05, 0.1) is 5.02 Å². The minimum atomic E-state index is -0.349. The first-order chi connectivity index (χ1) is 7.68. The molecule has 2 rings (SSSR count). The highest BCUT2D eigenvalue weighted by molar-refractivity contribution is 6.31. The van der Waals surface area contributed by atoms with Gasteiger partial charge in [-0.15, -0.1) is 0 Å². The van der Waals surface area contributed by atoms with E-state index in [0.717, 1.165) is 5.56 Å². The second kappa shape index (κ2) is 5.15. The topological polar surface area (TPSA) is 26.0 Å². The van der Waals surface area contributed by atoms with E-state index in [1.165, 1.54) is 31.7 Å². The molecule has 1 unspecified atom stereocenters. The van der Waals surface area contributed by atoms with Gasteiger partial charge in [-0.05, 0) is 36.8 Å². The maximum absolute atomic E-state index is 13.2. The molecule has 88 valence electrons. The lowest BCUT2D eigenvalue weighted by molar-refractivity contribution is 0.428. The quantitative estimate of drug-likeness (QED) is 0.861. The number of benzene rings is 1. The van der Waals surface area contributed by atoms with Gasteiger partial charge in [-0.25, -0.2) is 4.39 Å². The van der Waals surface area contributed by atoms with E-state index in [2.05, 4.69) is 0 Å². The van der Waals surface area contributed by atoms with Gasteiger partial charge in [0.1, 0.15) is 5.82 Å². The molecule has 1 aliphatic rings. The van der Waals surface area contributed by atoms with Crippen molar-refractivity contribution in [3.05, 3.63) is 34.6 Å². The average Bonchev–Trinajstić information content (AvgIpc) is 2.78. The highest BCUT2D eigenvalue weighted by atomic mass is 35.5. The fraction of sp³-hybridized carbons (Fsp3) is 0.538. The Morgan fingerprint density at radius 1 is 1.38 bits per heavy atom. The third kappa shape index (κ3) is 2.55. The van der Waals surface area contributed by atoms with Crippen LogP contribution < -0.4 is 5.73 Å². The van der Waals surface area contributed by atoms with Crippen LogP contribution in [-0.2, 0) is 6.42 Å². The summed E-state index contributed by atoms with van der Waals surface area (Å²) in [7, 11) is 0. The van der Waals surface area contributed by atoms with Crippen LogP contribution in [0.4, 0.5) is 4.39 Å². The van der Waals surface area contributed by atoms with Gasteiger partial charge in [0.15, 0.2) is 0 Å². The maximum Gasteiger partial charge on any atom is 0.142 e. The van der Waals surface area contributed by atoms with Gasteiger partial charge in [-0.3, -0.25) is 0 Å². The molecule has 0 bridgehead atoms. The number of rotatable bonds is 3. The predicted molar refractivity (Wildman–Crippen MR) is 65.0 cm³/mol. The van der Waals surface area contributed by atoms with Crippen LogP contribution in [0.15, 0.2) is 18.2 Å². The Balaban J connectivity index is 2.05. The molecule has 1 atom stereocenters.